The number of morpholine rings is 1. The van der Waals surface area contributed by atoms with Crippen LogP contribution in [0.2, 0.25) is 0 Å². The molecule has 1 aromatic heterocycles. The van der Waals surface area contributed by atoms with Gasteiger partial charge in [0, 0.05) is 25.7 Å². The van der Waals surface area contributed by atoms with Crippen molar-refractivity contribution in [3.8, 4) is 11.1 Å². The second-order valence-electron chi connectivity index (χ2n) is 8.47. The van der Waals surface area contributed by atoms with E-state index in [1.165, 1.54) is 12.1 Å². The second-order valence-corrected chi connectivity index (χ2v) is 8.47. The minimum Gasteiger partial charge on any atom is -0.373 e. The molecule has 7 heteroatoms. The van der Waals surface area contributed by atoms with Crippen LogP contribution in [0.3, 0.4) is 0 Å². The summed E-state index contributed by atoms with van der Waals surface area (Å²) in [6.07, 6.45) is 4.24. The van der Waals surface area contributed by atoms with Crippen molar-refractivity contribution in [2.24, 2.45) is 0 Å². The number of fused-ring (bicyclic) bond motifs is 1. The van der Waals surface area contributed by atoms with Gasteiger partial charge in [-0.15, -0.1) is 0 Å². The molecule has 166 valence electrons. The van der Waals surface area contributed by atoms with Crippen molar-refractivity contribution in [2.75, 3.05) is 26.2 Å². The van der Waals surface area contributed by atoms with Gasteiger partial charge in [0.25, 0.3) is 5.91 Å². The smallest absolute Gasteiger partial charge is 0.272 e. The van der Waals surface area contributed by atoms with E-state index in [1.54, 1.807) is 18.6 Å². The molecule has 1 amide bonds. The van der Waals surface area contributed by atoms with Gasteiger partial charge in [-0.2, -0.15) is 0 Å². The maximum Gasteiger partial charge on any atom is 0.272 e. The van der Waals surface area contributed by atoms with Gasteiger partial charge in [0.15, 0.2) is 0 Å². The molecule has 32 heavy (non-hydrogen) atoms. The molecule has 2 aliphatic rings. The molecule has 3 heterocycles. The lowest BCUT2D eigenvalue weighted by Crippen LogP contribution is -2.58. The minimum absolute atomic E-state index is 0.0314. The summed E-state index contributed by atoms with van der Waals surface area (Å²) in [5.41, 5.74) is 3.30. The standard InChI is InChI=1S/C25H27FN4O2/c1-17(20-7-2-3-8-21(20)18-5-4-6-19(26)13-18)30-16-27-14-23(30)25(31)29-11-9-22-24(15-29)32-12-10-28-22/h2-8,13-14,16-17,22,24,28H,9-12,15H2,1H3/t17-,22+,24+/m0/s1. The lowest BCUT2D eigenvalue weighted by molar-refractivity contribution is -0.0417. The first-order valence-corrected chi connectivity index (χ1v) is 11.1. The Balaban J connectivity index is 1.42. The molecule has 6 nitrogen and oxygen atoms in total. The van der Waals surface area contributed by atoms with Crippen LogP contribution in [0.5, 0.6) is 0 Å². The topological polar surface area (TPSA) is 59.4 Å². The van der Waals surface area contributed by atoms with E-state index in [0.29, 0.717) is 31.4 Å². The molecule has 2 saturated heterocycles. The Labute approximate surface area is 187 Å². The zero-order valence-corrected chi connectivity index (χ0v) is 18.1. The first-order chi connectivity index (χ1) is 15.6. The van der Waals surface area contributed by atoms with Gasteiger partial charge >= 0.3 is 0 Å². The third-order valence-electron chi connectivity index (χ3n) is 6.54. The summed E-state index contributed by atoms with van der Waals surface area (Å²) >= 11 is 0. The van der Waals surface area contributed by atoms with Gasteiger partial charge in [-0.05, 0) is 42.2 Å². The van der Waals surface area contributed by atoms with Crippen LogP contribution in [-0.4, -0.2) is 58.7 Å². The van der Waals surface area contributed by atoms with E-state index in [4.69, 9.17) is 4.74 Å². The highest BCUT2D eigenvalue weighted by Crippen LogP contribution is 2.31. The highest BCUT2D eigenvalue weighted by atomic mass is 19.1. The van der Waals surface area contributed by atoms with E-state index in [-0.39, 0.29) is 23.9 Å². The van der Waals surface area contributed by atoms with Crippen LogP contribution in [0.1, 0.15) is 35.4 Å². The Morgan fingerprint density at radius 3 is 3.00 bits per heavy atom. The Morgan fingerprint density at radius 1 is 1.25 bits per heavy atom. The molecule has 5 rings (SSSR count). The number of imidazole rings is 1. The number of hydrogen-bond donors (Lipinski definition) is 1. The van der Waals surface area contributed by atoms with E-state index < -0.39 is 0 Å². The number of amides is 1. The highest BCUT2D eigenvalue weighted by Gasteiger charge is 2.35. The Morgan fingerprint density at radius 2 is 2.12 bits per heavy atom. The molecule has 2 fully saturated rings. The molecule has 0 bridgehead atoms. The summed E-state index contributed by atoms with van der Waals surface area (Å²) in [6, 6.07) is 14.7. The Kier molecular flexibility index (Phi) is 5.76. The molecule has 3 aromatic rings. The van der Waals surface area contributed by atoms with E-state index in [0.717, 1.165) is 29.7 Å². The van der Waals surface area contributed by atoms with Crippen molar-refractivity contribution in [3.63, 3.8) is 0 Å². The van der Waals surface area contributed by atoms with Crippen molar-refractivity contribution in [1.29, 1.82) is 0 Å². The molecule has 0 radical (unpaired) electrons. The molecular formula is C25H27FN4O2. The number of ether oxygens (including phenoxy) is 1. The van der Waals surface area contributed by atoms with Crippen LogP contribution in [0.25, 0.3) is 11.1 Å². The molecule has 2 aliphatic heterocycles. The molecule has 2 aromatic carbocycles. The average Bonchev–Trinajstić information content (AvgIpc) is 3.33. The van der Waals surface area contributed by atoms with Crippen LogP contribution in [0, 0.1) is 5.82 Å². The normalized spacial score (nSPS) is 21.8. The number of likely N-dealkylation sites (tertiary alicyclic amines) is 1. The average molecular weight is 435 g/mol. The van der Waals surface area contributed by atoms with Crippen LogP contribution in [-0.2, 0) is 4.74 Å². The van der Waals surface area contributed by atoms with Crippen LogP contribution < -0.4 is 5.32 Å². The summed E-state index contributed by atoms with van der Waals surface area (Å²) in [5, 5.41) is 3.48. The highest BCUT2D eigenvalue weighted by molar-refractivity contribution is 5.92. The summed E-state index contributed by atoms with van der Waals surface area (Å²) in [4.78, 5) is 19.6. The summed E-state index contributed by atoms with van der Waals surface area (Å²) in [5.74, 6) is -0.309. The van der Waals surface area contributed by atoms with Crippen molar-refractivity contribution in [2.45, 2.75) is 31.5 Å². The van der Waals surface area contributed by atoms with Crippen molar-refractivity contribution < 1.29 is 13.9 Å². The van der Waals surface area contributed by atoms with E-state index in [2.05, 4.69) is 10.3 Å². The fraction of sp³-hybridized carbons (Fsp3) is 0.360. The summed E-state index contributed by atoms with van der Waals surface area (Å²) in [6.45, 7) is 4.85. The number of carbonyl (C=O) groups is 1. The third-order valence-corrected chi connectivity index (χ3v) is 6.54. The van der Waals surface area contributed by atoms with E-state index in [1.807, 2.05) is 46.7 Å². The molecule has 0 aliphatic carbocycles. The van der Waals surface area contributed by atoms with E-state index >= 15 is 0 Å². The van der Waals surface area contributed by atoms with Gasteiger partial charge < -0.3 is 19.5 Å². The van der Waals surface area contributed by atoms with Gasteiger partial charge in [-0.25, -0.2) is 9.37 Å². The van der Waals surface area contributed by atoms with Gasteiger partial charge in [-0.1, -0.05) is 36.4 Å². The number of nitrogens with one attached hydrogen (secondary N) is 1. The monoisotopic (exact) mass is 434 g/mol. The zero-order valence-electron chi connectivity index (χ0n) is 18.1. The van der Waals surface area contributed by atoms with Crippen molar-refractivity contribution in [1.82, 2.24) is 19.8 Å². The predicted molar refractivity (Wildman–Crippen MR) is 120 cm³/mol. The molecular weight excluding hydrogens is 407 g/mol. The largest absolute Gasteiger partial charge is 0.373 e. The number of piperidine rings is 1. The molecule has 0 saturated carbocycles. The van der Waals surface area contributed by atoms with Crippen LogP contribution >= 0.6 is 0 Å². The fourth-order valence-electron chi connectivity index (χ4n) is 4.83. The number of benzene rings is 2. The summed E-state index contributed by atoms with van der Waals surface area (Å²) in [7, 11) is 0. The fourth-order valence-corrected chi connectivity index (χ4v) is 4.83. The van der Waals surface area contributed by atoms with Gasteiger partial charge in [0.05, 0.1) is 31.3 Å². The minimum atomic E-state index is -0.272. The van der Waals surface area contributed by atoms with Gasteiger partial charge in [0.2, 0.25) is 0 Å². The van der Waals surface area contributed by atoms with Gasteiger partial charge in [-0.3, -0.25) is 4.79 Å². The van der Waals surface area contributed by atoms with Crippen LogP contribution in [0.4, 0.5) is 4.39 Å². The lowest BCUT2D eigenvalue weighted by atomic mass is 9.95. The predicted octanol–water partition coefficient (Wildman–Crippen LogP) is 3.50. The molecule has 0 spiro atoms. The second kappa shape index (κ2) is 8.84. The first-order valence-electron chi connectivity index (χ1n) is 11.1. The number of aromatic nitrogens is 2. The molecule has 0 unspecified atom stereocenters. The number of hydrogen-bond acceptors (Lipinski definition) is 4. The number of rotatable bonds is 4. The van der Waals surface area contributed by atoms with Crippen molar-refractivity contribution >= 4 is 5.91 Å². The Bertz CT molecular complexity index is 1110. The Hall–Kier alpha value is -3.03. The van der Waals surface area contributed by atoms with E-state index in [9.17, 15) is 9.18 Å². The third kappa shape index (κ3) is 3.94. The van der Waals surface area contributed by atoms with Crippen LogP contribution in [0.15, 0.2) is 61.1 Å². The maximum atomic E-state index is 13.9. The van der Waals surface area contributed by atoms with Gasteiger partial charge in [0.1, 0.15) is 11.5 Å². The first kappa shape index (κ1) is 20.8. The number of halogens is 1. The lowest BCUT2D eigenvalue weighted by Gasteiger charge is -2.41. The summed E-state index contributed by atoms with van der Waals surface area (Å²) < 4.78 is 21.7. The number of nitrogens with zero attached hydrogens (tertiary/aromatic N) is 3. The molecule has 1 N–H and O–H groups in total. The SMILES string of the molecule is C[C@@H](c1ccccc1-c1cccc(F)c1)n1cncc1C(=O)N1CC[C@H]2NCCO[C@@H]2C1. The zero-order chi connectivity index (χ0) is 22.1. The number of carbonyl (C=O) groups excluding carboxylic acids is 1. The quantitative estimate of drug-likeness (QED) is 0.683. The molecule has 3 atom stereocenters. The maximum absolute atomic E-state index is 13.9. The van der Waals surface area contributed by atoms with Crippen molar-refractivity contribution in [3.05, 3.63) is 78.1 Å².